The molecule has 3 aliphatic rings. The van der Waals surface area contributed by atoms with Gasteiger partial charge in [-0.2, -0.15) is 0 Å². The van der Waals surface area contributed by atoms with Gasteiger partial charge in [0, 0.05) is 12.3 Å². The Morgan fingerprint density at radius 1 is 1.25 bits per heavy atom. The van der Waals surface area contributed by atoms with Crippen molar-refractivity contribution in [1.29, 1.82) is 0 Å². The second-order valence-electron chi connectivity index (χ2n) is 8.80. The molecule has 3 rings (SSSR count). The first-order chi connectivity index (χ1) is 11.1. The van der Waals surface area contributed by atoms with Crippen molar-refractivity contribution in [3.63, 3.8) is 0 Å². The molecule has 4 atom stereocenters. The number of carbonyl (C=O) groups is 2. The van der Waals surface area contributed by atoms with E-state index in [1.54, 1.807) is 6.08 Å². The van der Waals surface area contributed by atoms with Crippen LogP contribution >= 0.6 is 0 Å². The number of ketones is 1. The van der Waals surface area contributed by atoms with Crippen molar-refractivity contribution >= 4 is 11.8 Å². The Morgan fingerprint density at radius 2 is 1.96 bits per heavy atom. The predicted octanol–water partition coefficient (Wildman–Crippen LogP) is 3.56. The van der Waals surface area contributed by atoms with Gasteiger partial charge in [-0.1, -0.05) is 13.8 Å². The number of aliphatic hydroxyl groups is 1. The van der Waals surface area contributed by atoms with E-state index in [9.17, 15) is 14.7 Å². The van der Waals surface area contributed by atoms with E-state index in [1.807, 2.05) is 27.7 Å². The lowest BCUT2D eigenvalue weighted by Gasteiger charge is -2.40. The fourth-order valence-electron chi connectivity index (χ4n) is 5.04. The van der Waals surface area contributed by atoms with Crippen LogP contribution < -0.4 is 0 Å². The molecule has 0 amide bonds. The van der Waals surface area contributed by atoms with Crippen molar-refractivity contribution in [2.75, 3.05) is 0 Å². The SMILES string of the molecule is CC(C)C1(O)C=C(CCC2C3(C)CCCC2(C)C(=O)O3)C(=O)CC1. The third-order valence-electron chi connectivity index (χ3n) is 6.90. The van der Waals surface area contributed by atoms with Crippen molar-refractivity contribution in [1.82, 2.24) is 0 Å². The van der Waals surface area contributed by atoms with Gasteiger partial charge in [-0.15, -0.1) is 0 Å². The van der Waals surface area contributed by atoms with E-state index in [0.29, 0.717) is 19.3 Å². The van der Waals surface area contributed by atoms with Crippen LogP contribution in [-0.4, -0.2) is 28.1 Å². The van der Waals surface area contributed by atoms with Gasteiger partial charge >= 0.3 is 5.97 Å². The Hall–Kier alpha value is -1.16. The third kappa shape index (κ3) is 2.63. The van der Waals surface area contributed by atoms with Crippen molar-refractivity contribution < 1.29 is 19.4 Å². The van der Waals surface area contributed by atoms with Gasteiger partial charge in [-0.3, -0.25) is 9.59 Å². The topological polar surface area (TPSA) is 63.6 Å². The van der Waals surface area contributed by atoms with Gasteiger partial charge in [0.1, 0.15) is 5.60 Å². The Kier molecular flexibility index (Phi) is 4.18. The molecular formula is C20H30O4. The van der Waals surface area contributed by atoms with E-state index in [2.05, 4.69) is 0 Å². The Balaban J connectivity index is 1.79. The number of rotatable bonds is 4. The van der Waals surface area contributed by atoms with Crippen molar-refractivity contribution in [3.05, 3.63) is 11.6 Å². The molecule has 0 aromatic rings. The minimum atomic E-state index is -0.880. The number of Topliss-reactive ketones (excluding diaryl/α,β-unsaturated/α-hetero) is 1. The van der Waals surface area contributed by atoms with E-state index in [4.69, 9.17) is 4.74 Å². The summed E-state index contributed by atoms with van der Waals surface area (Å²) in [7, 11) is 0. The minimum Gasteiger partial charge on any atom is -0.459 e. The lowest BCUT2D eigenvalue weighted by Crippen LogP contribution is -2.42. The maximum atomic E-state index is 12.4. The minimum absolute atomic E-state index is 0.0739. The molecular weight excluding hydrogens is 304 g/mol. The first-order valence-electron chi connectivity index (χ1n) is 9.31. The molecule has 0 aromatic carbocycles. The molecule has 0 radical (unpaired) electrons. The molecule has 1 heterocycles. The second-order valence-corrected chi connectivity index (χ2v) is 8.80. The lowest BCUT2D eigenvalue weighted by atomic mass is 9.61. The molecule has 2 fully saturated rings. The van der Waals surface area contributed by atoms with Crippen LogP contribution in [0.1, 0.15) is 72.6 Å². The summed E-state index contributed by atoms with van der Waals surface area (Å²) in [4.78, 5) is 24.7. The molecule has 2 bridgehead atoms. The first kappa shape index (κ1) is 17.7. The molecule has 1 aliphatic heterocycles. The van der Waals surface area contributed by atoms with Crippen LogP contribution in [0.3, 0.4) is 0 Å². The summed E-state index contributed by atoms with van der Waals surface area (Å²) in [6.45, 7) is 8.03. The molecule has 4 heteroatoms. The number of fused-ring (bicyclic) bond motifs is 2. The van der Waals surface area contributed by atoms with Crippen LogP contribution in [0.4, 0.5) is 0 Å². The van der Waals surface area contributed by atoms with E-state index in [1.165, 1.54) is 0 Å². The molecule has 1 N–H and O–H groups in total. The van der Waals surface area contributed by atoms with Crippen molar-refractivity contribution in [2.24, 2.45) is 17.3 Å². The third-order valence-corrected chi connectivity index (χ3v) is 6.90. The monoisotopic (exact) mass is 334 g/mol. The Labute approximate surface area is 144 Å². The maximum absolute atomic E-state index is 12.4. The predicted molar refractivity (Wildman–Crippen MR) is 91.3 cm³/mol. The summed E-state index contributed by atoms with van der Waals surface area (Å²) in [5, 5.41) is 10.7. The zero-order valence-corrected chi connectivity index (χ0v) is 15.4. The molecule has 1 saturated carbocycles. The normalized spacial score (nSPS) is 42.2. The number of carbonyl (C=O) groups excluding carboxylic acids is 2. The van der Waals surface area contributed by atoms with Crippen LogP contribution in [0.2, 0.25) is 0 Å². The summed E-state index contributed by atoms with van der Waals surface area (Å²) in [5.74, 6) is 0.307. The highest BCUT2D eigenvalue weighted by molar-refractivity contribution is 5.96. The van der Waals surface area contributed by atoms with Crippen molar-refractivity contribution in [2.45, 2.75) is 83.8 Å². The molecule has 4 nitrogen and oxygen atoms in total. The highest BCUT2D eigenvalue weighted by Crippen LogP contribution is 2.57. The Morgan fingerprint density at radius 3 is 2.58 bits per heavy atom. The maximum Gasteiger partial charge on any atom is 0.312 e. The highest BCUT2D eigenvalue weighted by atomic mass is 16.6. The second kappa shape index (κ2) is 5.69. The van der Waals surface area contributed by atoms with Gasteiger partial charge < -0.3 is 9.84 Å². The van der Waals surface area contributed by atoms with E-state index in [-0.39, 0.29) is 23.6 Å². The number of esters is 1. The van der Waals surface area contributed by atoms with E-state index < -0.39 is 16.6 Å². The van der Waals surface area contributed by atoms with Gasteiger partial charge in [0.2, 0.25) is 0 Å². The summed E-state index contributed by atoms with van der Waals surface area (Å²) in [5.41, 5.74) is -0.951. The van der Waals surface area contributed by atoms with E-state index >= 15 is 0 Å². The lowest BCUT2D eigenvalue weighted by molar-refractivity contribution is -0.151. The average molecular weight is 334 g/mol. The fraction of sp³-hybridized carbons (Fsp3) is 0.800. The van der Waals surface area contributed by atoms with E-state index in [0.717, 1.165) is 31.3 Å². The average Bonchev–Trinajstić information content (AvgIpc) is 2.59. The van der Waals surface area contributed by atoms with Gasteiger partial charge in [-0.05, 0) is 69.9 Å². The van der Waals surface area contributed by atoms with Crippen LogP contribution in [0, 0.1) is 17.3 Å². The highest BCUT2D eigenvalue weighted by Gasteiger charge is 2.61. The number of hydrogen-bond acceptors (Lipinski definition) is 4. The standard InChI is InChI=1S/C20H30O4/c1-13(2)20(23)11-8-15(21)14(12-20)6-7-16-18(3)9-5-10-19(16,4)24-17(18)22/h12-13,16,23H,5-11H2,1-4H3. The molecule has 2 aliphatic carbocycles. The van der Waals surface area contributed by atoms with Crippen LogP contribution in [0.5, 0.6) is 0 Å². The van der Waals surface area contributed by atoms with Crippen molar-refractivity contribution in [3.8, 4) is 0 Å². The fourth-order valence-corrected chi connectivity index (χ4v) is 5.04. The molecule has 24 heavy (non-hydrogen) atoms. The number of ether oxygens (including phenoxy) is 1. The molecule has 1 saturated heterocycles. The molecule has 4 unspecified atom stereocenters. The van der Waals surface area contributed by atoms with Gasteiger partial charge in [-0.25, -0.2) is 0 Å². The summed E-state index contributed by atoms with van der Waals surface area (Å²) in [6.07, 6.45) is 6.90. The van der Waals surface area contributed by atoms with Crippen LogP contribution in [0.25, 0.3) is 0 Å². The zero-order chi connectivity index (χ0) is 17.8. The van der Waals surface area contributed by atoms with Gasteiger partial charge in [0.05, 0.1) is 11.0 Å². The first-order valence-corrected chi connectivity index (χ1v) is 9.31. The molecule has 0 aromatic heterocycles. The molecule has 0 spiro atoms. The summed E-state index contributed by atoms with van der Waals surface area (Å²) in [6, 6.07) is 0. The smallest absolute Gasteiger partial charge is 0.312 e. The van der Waals surface area contributed by atoms with Gasteiger partial charge in [0.25, 0.3) is 0 Å². The summed E-state index contributed by atoms with van der Waals surface area (Å²) < 4.78 is 5.74. The Bertz CT molecular complexity index is 592. The van der Waals surface area contributed by atoms with Gasteiger partial charge in [0.15, 0.2) is 5.78 Å². The number of hydrogen-bond donors (Lipinski definition) is 1. The largest absolute Gasteiger partial charge is 0.459 e. The summed E-state index contributed by atoms with van der Waals surface area (Å²) >= 11 is 0. The van der Waals surface area contributed by atoms with Crippen LogP contribution in [0.15, 0.2) is 11.6 Å². The molecule has 134 valence electrons. The zero-order valence-electron chi connectivity index (χ0n) is 15.4. The number of allylic oxidation sites excluding steroid dienone is 1. The van der Waals surface area contributed by atoms with Crippen LogP contribution in [-0.2, 0) is 14.3 Å². The quantitative estimate of drug-likeness (QED) is 0.798.